The third-order valence-corrected chi connectivity index (χ3v) is 2.52. The first-order valence-corrected chi connectivity index (χ1v) is 4.61. The quantitative estimate of drug-likeness (QED) is 0.847. The monoisotopic (exact) mass is 223 g/mol. The van der Waals surface area contributed by atoms with Crippen LogP contribution in [0.3, 0.4) is 0 Å². The fraction of sp³-hybridized carbons (Fsp3) is 0.182. The Morgan fingerprint density at radius 1 is 1.56 bits per heavy atom. The molecule has 0 aliphatic rings. The number of aryl methyl sites for hydroxylation is 1. The number of halogens is 1. The molecular formula is C11H10FNO3. The van der Waals surface area contributed by atoms with Gasteiger partial charge in [-0.15, -0.1) is 0 Å². The van der Waals surface area contributed by atoms with Gasteiger partial charge in [0, 0.05) is 24.7 Å². The molecule has 0 amide bonds. The number of hydrogen-bond acceptors (Lipinski definition) is 2. The van der Waals surface area contributed by atoms with Gasteiger partial charge in [0.2, 0.25) is 0 Å². The van der Waals surface area contributed by atoms with Crippen LogP contribution in [-0.2, 0) is 7.05 Å². The van der Waals surface area contributed by atoms with Crippen LogP contribution >= 0.6 is 0 Å². The van der Waals surface area contributed by atoms with Crippen LogP contribution in [0.15, 0.2) is 18.3 Å². The van der Waals surface area contributed by atoms with Gasteiger partial charge in [0.15, 0.2) is 5.82 Å². The second-order valence-electron chi connectivity index (χ2n) is 3.43. The van der Waals surface area contributed by atoms with Gasteiger partial charge in [-0.1, -0.05) is 0 Å². The predicted octanol–water partition coefficient (Wildman–Crippen LogP) is 2.02. The van der Waals surface area contributed by atoms with Gasteiger partial charge in [-0.25, -0.2) is 9.18 Å². The lowest BCUT2D eigenvalue weighted by Crippen LogP contribution is -2.04. The molecule has 2 aromatic rings. The smallest absolute Gasteiger partial charge is 0.342 e. The lowest BCUT2D eigenvalue weighted by molar-refractivity contribution is 0.0688. The first-order valence-electron chi connectivity index (χ1n) is 4.61. The van der Waals surface area contributed by atoms with Gasteiger partial charge in [0.05, 0.1) is 12.6 Å². The molecule has 0 aliphatic heterocycles. The minimum absolute atomic E-state index is 0.0271. The molecule has 2 rings (SSSR count). The Morgan fingerprint density at radius 2 is 2.25 bits per heavy atom. The molecule has 1 aromatic heterocycles. The van der Waals surface area contributed by atoms with Gasteiger partial charge in [-0.05, 0) is 6.07 Å². The highest BCUT2D eigenvalue weighted by atomic mass is 19.1. The summed E-state index contributed by atoms with van der Waals surface area (Å²) < 4.78 is 20.5. The maximum Gasteiger partial charge on any atom is 0.342 e. The molecule has 1 aromatic carbocycles. The average molecular weight is 223 g/mol. The third kappa shape index (κ3) is 1.32. The van der Waals surface area contributed by atoms with Gasteiger partial charge in [0.1, 0.15) is 11.3 Å². The van der Waals surface area contributed by atoms with E-state index in [9.17, 15) is 9.18 Å². The molecule has 4 nitrogen and oxygen atoms in total. The maximum absolute atomic E-state index is 13.9. The Kier molecular flexibility index (Phi) is 2.30. The van der Waals surface area contributed by atoms with Crippen molar-refractivity contribution in [3.63, 3.8) is 0 Å². The van der Waals surface area contributed by atoms with Crippen LogP contribution in [-0.4, -0.2) is 22.8 Å². The lowest BCUT2D eigenvalue weighted by Gasteiger charge is -2.07. The van der Waals surface area contributed by atoms with Crippen LogP contribution < -0.4 is 4.74 Å². The summed E-state index contributed by atoms with van der Waals surface area (Å²) in [6.07, 6.45) is 1.67. The highest BCUT2D eigenvalue weighted by molar-refractivity contribution is 5.97. The summed E-state index contributed by atoms with van der Waals surface area (Å²) in [6, 6.07) is 3.05. The van der Waals surface area contributed by atoms with Crippen molar-refractivity contribution < 1.29 is 19.0 Å². The van der Waals surface area contributed by atoms with Crippen LogP contribution in [0, 0.1) is 5.82 Å². The Balaban J connectivity index is 2.89. The summed E-state index contributed by atoms with van der Waals surface area (Å²) in [5, 5.41) is 9.20. The number of benzene rings is 1. The lowest BCUT2D eigenvalue weighted by atomic mass is 10.1. The molecule has 1 heterocycles. The zero-order chi connectivity index (χ0) is 11.9. The van der Waals surface area contributed by atoms with Crippen LogP contribution in [0.2, 0.25) is 0 Å². The molecule has 0 spiro atoms. The zero-order valence-electron chi connectivity index (χ0n) is 8.82. The van der Waals surface area contributed by atoms with Crippen LogP contribution in [0.1, 0.15) is 10.4 Å². The largest absolute Gasteiger partial charge is 0.496 e. The van der Waals surface area contributed by atoms with Crippen molar-refractivity contribution >= 4 is 16.9 Å². The standard InChI is InChI=1S/C11H10FNO3/c1-13-4-3-6-7(13)5-8(16-2)9(10(6)12)11(14)15/h3-5H,1-2H3,(H,14,15). The fourth-order valence-electron chi connectivity index (χ4n) is 1.71. The summed E-state index contributed by atoms with van der Waals surface area (Å²) in [5.74, 6) is -2.07. The number of methoxy groups -OCH3 is 1. The predicted molar refractivity (Wildman–Crippen MR) is 56.4 cm³/mol. The average Bonchev–Trinajstić information content (AvgIpc) is 2.60. The van der Waals surface area contributed by atoms with E-state index in [0.29, 0.717) is 5.52 Å². The second kappa shape index (κ2) is 3.52. The molecule has 0 unspecified atom stereocenters. The van der Waals surface area contributed by atoms with Gasteiger partial charge in [0.25, 0.3) is 0 Å². The van der Waals surface area contributed by atoms with Crippen LogP contribution in [0.25, 0.3) is 10.9 Å². The molecule has 0 saturated heterocycles. The second-order valence-corrected chi connectivity index (χ2v) is 3.43. The first-order chi connectivity index (χ1) is 7.56. The third-order valence-electron chi connectivity index (χ3n) is 2.52. The van der Waals surface area contributed by atoms with E-state index in [1.165, 1.54) is 19.2 Å². The van der Waals surface area contributed by atoms with E-state index in [1.807, 2.05) is 0 Å². The number of hydrogen-bond donors (Lipinski definition) is 1. The molecule has 0 aliphatic carbocycles. The molecule has 0 radical (unpaired) electrons. The van der Waals surface area contributed by atoms with Crippen LogP contribution in [0.4, 0.5) is 4.39 Å². The number of carboxylic acids is 1. The number of aromatic carboxylic acids is 1. The van der Waals surface area contributed by atoms with E-state index < -0.39 is 17.3 Å². The topological polar surface area (TPSA) is 51.5 Å². The van der Waals surface area contributed by atoms with Crippen molar-refractivity contribution in [1.82, 2.24) is 4.57 Å². The molecule has 0 fully saturated rings. The highest BCUT2D eigenvalue weighted by Crippen LogP contribution is 2.30. The SMILES string of the molecule is COc1cc2c(ccn2C)c(F)c1C(=O)O. The summed E-state index contributed by atoms with van der Waals surface area (Å²) >= 11 is 0. The van der Waals surface area contributed by atoms with Crippen molar-refractivity contribution in [2.45, 2.75) is 0 Å². The summed E-state index contributed by atoms with van der Waals surface area (Å²) in [4.78, 5) is 10.9. The minimum atomic E-state index is -1.33. The number of fused-ring (bicyclic) bond motifs is 1. The number of aromatic nitrogens is 1. The molecule has 1 N–H and O–H groups in total. The van der Waals surface area contributed by atoms with Crippen molar-refractivity contribution in [3.8, 4) is 5.75 Å². The van der Waals surface area contributed by atoms with Gasteiger partial charge >= 0.3 is 5.97 Å². The van der Waals surface area contributed by atoms with Gasteiger partial charge in [-0.3, -0.25) is 0 Å². The molecule has 0 atom stereocenters. The van der Waals surface area contributed by atoms with Gasteiger partial charge in [-0.2, -0.15) is 0 Å². The first kappa shape index (κ1) is 10.5. The van der Waals surface area contributed by atoms with Crippen molar-refractivity contribution in [1.29, 1.82) is 0 Å². The Bertz CT molecular complexity index is 574. The van der Waals surface area contributed by atoms with Crippen LogP contribution in [0.5, 0.6) is 5.75 Å². The van der Waals surface area contributed by atoms with Gasteiger partial charge < -0.3 is 14.4 Å². The number of nitrogens with zero attached hydrogens (tertiary/aromatic N) is 1. The molecule has 16 heavy (non-hydrogen) atoms. The van der Waals surface area contributed by atoms with Crippen molar-refractivity contribution in [2.75, 3.05) is 7.11 Å². The molecule has 84 valence electrons. The number of carbonyl (C=O) groups is 1. The molecule has 5 heteroatoms. The summed E-state index contributed by atoms with van der Waals surface area (Å²) in [5.41, 5.74) is 0.167. The van der Waals surface area contributed by atoms with Crippen molar-refractivity contribution in [2.24, 2.45) is 7.05 Å². The minimum Gasteiger partial charge on any atom is -0.496 e. The van der Waals surface area contributed by atoms with E-state index >= 15 is 0 Å². The number of ether oxygens (including phenoxy) is 1. The Hall–Kier alpha value is -2.04. The Labute approximate surface area is 90.9 Å². The maximum atomic E-state index is 13.9. The Morgan fingerprint density at radius 3 is 2.81 bits per heavy atom. The number of carboxylic acid groups (broad SMARTS) is 1. The van der Waals surface area contributed by atoms with E-state index in [0.717, 1.165) is 0 Å². The molecule has 0 saturated carbocycles. The summed E-state index contributed by atoms with van der Waals surface area (Å²) in [6.45, 7) is 0. The zero-order valence-corrected chi connectivity index (χ0v) is 8.82. The number of rotatable bonds is 2. The fourth-order valence-corrected chi connectivity index (χ4v) is 1.71. The highest BCUT2D eigenvalue weighted by Gasteiger charge is 2.21. The van der Waals surface area contributed by atoms with E-state index in [-0.39, 0.29) is 11.1 Å². The van der Waals surface area contributed by atoms with Crippen molar-refractivity contribution in [3.05, 3.63) is 29.7 Å². The normalized spacial score (nSPS) is 10.7. The van der Waals surface area contributed by atoms with E-state index in [1.54, 1.807) is 17.8 Å². The molecular weight excluding hydrogens is 213 g/mol. The molecule has 0 bridgehead atoms. The van der Waals surface area contributed by atoms with E-state index in [2.05, 4.69) is 0 Å². The summed E-state index contributed by atoms with van der Waals surface area (Å²) in [7, 11) is 3.07. The van der Waals surface area contributed by atoms with E-state index in [4.69, 9.17) is 9.84 Å².